The van der Waals surface area contributed by atoms with Crippen LogP contribution in [0.4, 0.5) is 0 Å². The molecule has 1 rings (SSSR count). The molecule has 0 aromatic heterocycles. The Labute approximate surface area is 125 Å². The van der Waals surface area contributed by atoms with E-state index in [1.807, 2.05) is 0 Å². The second-order valence-electron chi connectivity index (χ2n) is 5.66. The van der Waals surface area contributed by atoms with E-state index in [9.17, 15) is 4.79 Å². The number of unbranched alkanes of at least 4 members (excludes halogenated alkanes) is 4. The molecule has 0 atom stereocenters. The molecule has 0 saturated heterocycles. The van der Waals surface area contributed by atoms with Gasteiger partial charge in [-0.2, -0.15) is 0 Å². The molecule has 3 nitrogen and oxygen atoms in total. The average molecular weight is 293 g/mol. The first-order valence-electron chi connectivity index (χ1n) is 7.51. The van der Waals surface area contributed by atoms with E-state index in [-0.39, 0.29) is 18.6 Å². The molecule has 0 aliphatic heterocycles. The van der Waals surface area contributed by atoms with E-state index in [1.165, 1.54) is 38.5 Å². The summed E-state index contributed by atoms with van der Waals surface area (Å²) >= 11 is 0. The van der Waals surface area contributed by atoms with Crippen LogP contribution in [0.5, 0.6) is 0 Å². The van der Waals surface area contributed by atoms with Crippen molar-refractivity contribution in [3.05, 3.63) is 0 Å². The lowest BCUT2D eigenvalue weighted by Crippen LogP contribution is -2.33. The number of halogens is 1. The summed E-state index contributed by atoms with van der Waals surface area (Å²) in [5, 5.41) is 3.11. The fourth-order valence-electron chi connectivity index (χ4n) is 2.61. The van der Waals surface area contributed by atoms with Crippen molar-refractivity contribution in [1.29, 1.82) is 0 Å². The van der Waals surface area contributed by atoms with Gasteiger partial charge in [0.05, 0.1) is 0 Å². The number of carbonyl (C=O) groups is 1. The van der Waals surface area contributed by atoms with Crippen LogP contribution in [0.15, 0.2) is 0 Å². The number of nitrogens with one attached hydrogen (secondary N) is 1. The predicted octanol–water partition coefficient (Wildman–Crippen LogP) is 4.48. The second kappa shape index (κ2) is 12.7. The third kappa shape index (κ3) is 9.28. The van der Waals surface area contributed by atoms with Gasteiger partial charge in [-0.3, -0.25) is 4.79 Å². The van der Waals surface area contributed by atoms with Crippen LogP contribution >= 0.6 is 12.4 Å². The molecule has 19 heavy (non-hydrogen) atoms. The van der Waals surface area contributed by atoms with Crippen LogP contribution in [0.2, 0.25) is 0 Å². The quantitative estimate of drug-likeness (QED) is 0.679. The maximum atomic E-state index is 11.9. The molecule has 116 valence electrons. The van der Waals surface area contributed by atoms with Crippen molar-refractivity contribution in [3.8, 4) is 0 Å². The van der Waals surface area contributed by atoms with Gasteiger partial charge >= 0.3 is 0 Å². The number of hydrogen-bond acceptors (Lipinski definition) is 2. The van der Waals surface area contributed by atoms with E-state index < -0.39 is 0 Å². The molecule has 1 aliphatic rings. The van der Waals surface area contributed by atoms with E-state index in [1.54, 1.807) is 0 Å². The maximum Gasteiger partial charge on any atom is 0.223 e. The van der Waals surface area contributed by atoms with E-state index in [0.29, 0.717) is 11.8 Å². The molecule has 0 heterocycles. The molecule has 0 aromatic rings. The van der Waals surface area contributed by atoms with Gasteiger partial charge in [-0.15, -0.1) is 12.4 Å². The highest BCUT2D eigenvalue weighted by Crippen LogP contribution is 2.28. The standard InChI is InChI=1S/C15H29NO.ClH.H3N/c1-3-4-5-6-7-12-16-15(17)14-10-8-13(2)9-11-14;;/h13-14H,3-12H2,1-2H3,(H,16,17);1H;1H3. The summed E-state index contributed by atoms with van der Waals surface area (Å²) in [4.78, 5) is 11.9. The molecule has 1 fully saturated rings. The molecule has 0 radical (unpaired) electrons. The molecule has 0 spiro atoms. The van der Waals surface area contributed by atoms with E-state index in [0.717, 1.165) is 31.7 Å². The highest BCUT2D eigenvalue weighted by Gasteiger charge is 2.23. The Kier molecular flexibility index (Phi) is 14.1. The van der Waals surface area contributed by atoms with Crippen LogP contribution in [0, 0.1) is 11.8 Å². The van der Waals surface area contributed by atoms with Crippen molar-refractivity contribution in [2.24, 2.45) is 11.8 Å². The summed E-state index contributed by atoms with van der Waals surface area (Å²) in [7, 11) is 0. The van der Waals surface area contributed by atoms with Crippen molar-refractivity contribution in [2.45, 2.75) is 71.6 Å². The zero-order valence-electron chi connectivity index (χ0n) is 12.7. The molecule has 4 heteroatoms. The van der Waals surface area contributed by atoms with E-state index in [2.05, 4.69) is 19.2 Å². The van der Waals surface area contributed by atoms with Crippen molar-refractivity contribution >= 4 is 18.3 Å². The Morgan fingerprint density at radius 1 is 1.05 bits per heavy atom. The van der Waals surface area contributed by atoms with Crippen LogP contribution in [0.1, 0.15) is 71.6 Å². The van der Waals surface area contributed by atoms with Gasteiger partial charge in [-0.25, -0.2) is 0 Å². The largest absolute Gasteiger partial charge is 0.356 e. The van der Waals surface area contributed by atoms with E-state index in [4.69, 9.17) is 0 Å². The SMILES string of the molecule is CCCCCCCNC(=O)C1CCC(C)CC1.Cl.N. The summed E-state index contributed by atoms with van der Waals surface area (Å²) in [6.45, 7) is 5.41. The zero-order valence-corrected chi connectivity index (χ0v) is 13.6. The lowest BCUT2D eigenvalue weighted by Gasteiger charge is -2.25. The summed E-state index contributed by atoms with van der Waals surface area (Å²) in [6.07, 6.45) is 11.0. The van der Waals surface area contributed by atoms with E-state index >= 15 is 0 Å². The van der Waals surface area contributed by atoms with Crippen molar-refractivity contribution in [1.82, 2.24) is 11.5 Å². The third-order valence-electron chi connectivity index (χ3n) is 3.97. The topological polar surface area (TPSA) is 64.1 Å². The first-order valence-corrected chi connectivity index (χ1v) is 7.51. The van der Waals surface area contributed by atoms with Gasteiger partial charge in [0.1, 0.15) is 0 Å². The molecule has 0 bridgehead atoms. The van der Waals surface area contributed by atoms with Crippen molar-refractivity contribution in [2.75, 3.05) is 6.54 Å². The smallest absolute Gasteiger partial charge is 0.223 e. The third-order valence-corrected chi connectivity index (χ3v) is 3.97. The number of amides is 1. The summed E-state index contributed by atoms with van der Waals surface area (Å²) in [5.41, 5.74) is 0. The van der Waals surface area contributed by atoms with Gasteiger partial charge < -0.3 is 11.5 Å². The Morgan fingerprint density at radius 2 is 1.63 bits per heavy atom. The Hall–Kier alpha value is -0.280. The van der Waals surface area contributed by atoms with Crippen LogP contribution in [0.25, 0.3) is 0 Å². The van der Waals surface area contributed by atoms with Crippen LogP contribution in [-0.4, -0.2) is 12.5 Å². The number of hydrogen-bond donors (Lipinski definition) is 2. The minimum absolute atomic E-state index is 0. The van der Waals surface area contributed by atoms with Gasteiger partial charge in [0.15, 0.2) is 0 Å². The van der Waals surface area contributed by atoms with Crippen LogP contribution in [-0.2, 0) is 4.79 Å². The molecular weight excluding hydrogens is 260 g/mol. The second-order valence-corrected chi connectivity index (χ2v) is 5.66. The van der Waals surface area contributed by atoms with Gasteiger partial charge in [-0.05, 0) is 38.0 Å². The fraction of sp³-hybridized carbons (Fsp3) is 0.933. The Morgan fingerprint density at radius 3 is 2.21 bits per heavy atom. The van der Waals surface area contributed by atoms with Gasteiger partial charge in [0.25, 0.3) is 0 Å². The minimum atomic E-state index is 0. The summed E-state index contributed by atoms with van der Waals surface area (Å²) in [5.74, 6) is 1.45. The first kappa shape index (κ1) is 21.0. The predicted molar refractivity (Wildman–Crippen MR) is 85.2 cm³/mol. The average Bonchev–Trinajstić information content (AvgIpc) is 2.34. The highest BCUT2D eigenvalue weighted by molar-refractivity contribution is 5.85. The molecular formula is C15H33ClN2O. The lowest BCUT2D eigenvalue weighted by atomic mass is 9.82. The first-order chi connectivity index (χ1) is 8.24. The number of carbonyl (C=O) groups excluding carboxylic acids is 1. The highest BCUT2D eigenvalue weighted by atomic mass is 35.5. The lowest BCUT2D eigenvalue weighted by molar-refractivity contribution is -0.126. The van der Waals surface area contributed by atoms with Crippen molar-refractivity contribution in [3.63, 3.8) is 0 Å². The molecule has 1 amide bonds. The molecule has 1 aliphatic carbocycles. The monoisotopic (exact) mass is 292 g/mol. The number of rotatable bonds is 7. The summed E-state index contributed by atoms with van der Waals surface area (Å²) in [6, 6.07) is 0. The summed E-state index contributed by atoms with van der Waals surface area (Å²) < 4.78 is 0. The van der Waals surface area contributed by atoms with Crippen LogP contribution in [0.3, 0.4) is 0 Å². The van der Waals surface area contributed by atoms with Gasteiger partial charge in [-0.1, -0.05) is 39.5 Å². The Balaban J connectivity index is 0. The fourth-order valence-corrected chi connectivity index (χ4v) is 2.61. The zero-order chi connectivity index (χ0) is 12.5. The molecule has 0 unspecified atom stereocenters. The molecule has 1 saturated carbocycles. The normalized spacial score (nSPS) is 22.0. The molecule has 0 aromatic carbocycles. The maximum absolute atomic E-state index is 11.9. The minimum Gasteiger partial charge on any atom is -0.356 e. The van der Waals surface area contributed by atoms with Crippen LogP contribution < -0.4 is 11.5 Å². The van der Waals surface area contributed by atoms with Gasteiger partial charge in [0, 0.05) is 12.5 Å². The Bertz CT molecular complexity index is 216. The van der Waals surface area contributed by atoms with Crippen molar-refractivity contribution < 1.29 is 4.79 Å². The van der Waals surface area contributed by atoms with Gasteiger partial charge in [0.2, 0.25) is 5.91 Å². The molecule has 4 N–H and O–H groups in total.